The second-order valence-corrected chi connectivity index (χ2v) is 4.55. The summed E-state index contributed by atoms with van der Waals surface area (Å²) in [5.41, 5.74) is 1.62. The summed E-state index contributed by atoms with van der Waals surface area (Å²) in [5, 5.41) is 9.59. The maximum atomic E-state index is 9.59. The highest BCUT2D eigenvalue weighted by Gasteiger charge is 2.10. The Hall–Kier alpha value is -2.27. The molecule has 5 heteroatoms. The molecule has 0 aliphatic rings. The Bertz CT molecular complexity index is 599. The maximum Gasteiger partial charge on any atom is 0.219 e. The smallest absolute Gasteiger partial charge is 0.219 e. The second-order valence-electron chi connectivity index (χ2n) is 4.55. The van der Waals surface area contributed by atoms with E-state index in [1.165, 1.54) is 0 Å². The highest BCUT2D eigenvalue weighted by Crippen LogP contribution is 2.31. The van der Waals surface area contributed by atoms with Crippen molar-refractivity contribution < 1.29 is 19.3 Å². The van der Waals surface area contributed by atoms with Crippen molar-refractivity contribution in [3.8, 4) is 17.4 Å². The van der Waals surface area contributed by atoms with Crippen molar-refractivity contribution in [3.63, 3.8) is 0 Å². The molecule has 1 aromatic carbocycles. The molecule has 1 atom stereocenters. The Kier molecular flexibility index (Phi) is 5.00. The number of methoxy groups -OCH3 is 2. The lowest BCUT2D eigenvalue weighted by molar-refractivity contribution is 0.198. The number of aromatic nitrogens is 1. The van der Waals surface area contributed by atoms with Crippen molar-refractivity contribution in [1.82, 2.24) is 4.98 Å². The first-order valence-electron chi connectivity index (χ1n) is 6.62. The zero-order valence-corrected chi connectivity index (χ0v) is 12.4. The fourth-order valence-electron chi connectivity index (χ4n) is 1.94. The van der Waals surface area contributed by atoms with Crippen LogP contribution in [0.25, 0.3) is 0 Å². The molecule has 0 spiro atoms. The van der Waals surface area contributed by atoms with Crippen LogP contribution in [0.4, 0.5) is 0 Å². The quantitative estimate of drug-likeness (QED) is 0.886. The van der Waals surface area contributed by atoms with Crippen LogP contribution in [0.2, 0.25) is 0 Å². The average Bonchev–Trinajstić information content (AvgIpc) is 2.52. The first-order valence-corrected chi connectivity index (χ1v) is 6.62. The molecule has 1 aromatic heterocycles. The molecule has 0 aliphatic carbocycles. The van der Waals surface area contributed by atoms with E-state index in [-0.39, 0.29) is 0 Å². The van der Waals surface area contributed by atoms with Crippen molar-refractivity contribution in [1.29, 1.82) is 0 Å². The van der Waals surface area contributed by atoms with Crippen molar-refractivity contribution >= 4 is 0 Å². The van der Waals surface area contributed by atoms with Crippen LogP contribution in [0.3, 0.4) is 0 Å². The Balaban J connectivity index is 2.16. The molecule has 1 heterocycles. The summed E-state index contributed by atoms with van der Waals surface area (Å²) in [7, 11) is 3.14. The SMILES string of the molecule is COc1cc([C@H](C)O)ccc1OCc1cccnc1OC. The van der Waals surface area contributed by atoms with Gasteiger partial charge in [0.25, 0.3) is 0 Å². The summed E-state index contributed by atoms with van der Waals surface area (Å²) >= 11 is 0. The molecule has 0 bridgehead atoms. The number of aliphatic hydroxyl groups excluding tert-OH is 1. The van der Waals surface area contributed by atoms with Crippen molar-refractivity contribution in [2.24, 2.45) is 0 Å². The number of nitrogens with zero attached hydrogens (tertiary/aromatic N) is 1. The topological polar surface area (TPSA) is 60.8 Å². The predicted molar refractivity (Wildman–Crippen MR) is 78.7 cm³/mol. The van der Waals surface area contributed by atoms with Gasteiger partial charge in [0.2, 0.25) is 5.88 Å². The molecule has 0 radical (unpaired) electrons. The Morgan fingerprint density at radius 2 is 1.95 bits per heavy atom. The van der Waals surface area contributed by atoms with Crippen LogP contribution in [0.15, 0.2) is 36.5 Å². The minimum absolute atomic E-state index is 0.321. The lowest BCUT2D eigenvalue weighted by Gasteiger charge is -2.14. The third kappa shape index (κ3) is 3.64. The Labute approximate surface area is 124 Å². The third-order valence-corrected chi connectivity index (χ3v) is 3.10. The predicted octanol–water partition coefficient (Wildman–Crippen LogP) is 2.73. The molecule has 0 saturated heterocycles. The summed E-state index contributed by atoms with van der Waals surface area (Å²) in [5.74, 6) is 1.72. The third-order valence-electron chi connectivity index (χ3n) is 3.10. The molecule has 0 fully saturated rings. The molecule has 0 unspecified atom stereocenters. The van der Waals surface area contributed by atoms with Gasteiger partial charge in [0, 0.05) is 6.20 Å². The molecule has 112 valence electrons. The van der Waals surface area contributed by atoms with Crippen molar-refractivity contribution in [2.45, 2.75) is 19.6 Å². The molecule has 21 heavy (non-hydrogen) atoms. The van der Waals surface area contributed by atoms with Gasteiger partial charge < -0.3 is 19.3 Å². The number of ether oxygens (including phenoxy) is 3. The minimum atomic E-state index is -0.550. The minimum Gasteiger partial charge on any atom is -0.493 e. The molecule has 5 nitrogen and oxygen atoms in total. The first-order chi connectivity index (χ1) is 10.2. The number of pyridine rings is 1. The summed E-state index contributed by atoms with van der Waals surface area (Å²) < 4.78 is 16.2. The van der Waals surface area contributed by atoms with E-state index in [9.17, 15) is 5.11 Å². The van der Waals surface area contributed by atoms with Gasteiger partial charge in [-0.05, 0) is 36.8 Å². The van der Waals surface area contributed by atoms with Gasteiger partial charge in [-0.25, -0.2) is 4.98 Å². The number of hydrogen-bond acceptors (Lipinski definition) is 5. The van der Waals surface area contributed by atoms with E-state index < -0.39 is 6.10 Å². The van der Waals surface area contributed by atoms with Crippen molar-refractivity contribution in [3.05, 3.63) is 47.7 Å². The van der Waals surface area contributed by atoms with Crippen LogP contribution in [-0.2, 0) is 6.61 Å². The number of hydrogen-bond donors (Lipinski definition) is 1. The van der Waals surface area contributed by atoms with Crippen LogP contribution >= 0.6 is 0 Å². The summed E-state index contributed by atoms with van der Waals surface area (Å²) in [6.07, 6.45) is 1.12. The molecule has 2 rings (SSSR count). The molecular weight excluding hydrogens is 270 g/mol. The Morgan fingerprint density at radius 1 is 1.14 bits per heavy atom. The van der Waals surface area contributed by atoms with Crippen LogP contribution in [0.1, 0.15) is 24.2 Å². The van der Waals surface area contributed by atoms with Crippen LogP contribution < -0.4 is 14.2 Å². The first kappa shape index (κ1) is 15.1. The fourth-order valence-corrected chi connectivity index (χ4v) is 1.94. The normalized spacial score (nSPS) is 11.8. The number of rotatable bonds is 6. The van der Waals surface area contributed by atoms with E-state index in [1.807, 2.05) is 18.2 Å². The van der Waals surface area contributed by atoms with E-state index in [0.29, 0.717) is 24.0 Å². The lowest BCUT2D eigenvalue weighted by atomic mass is 10.1. The van der Waals surface area contributed by atoms with Gasteiger partial charge in [-0.3, -0.25) is 0 Å². The maximum absolute atomic E-state index is 9.59. The van der Waals surface area contributed by atoms with E-state index in [0.717, 1.165) is 11.1 Å². The molecule has 2 aromatic rings. The van der Waals surface area contributed by atoms with E-state index >= 15 is 0 Å². The molecule has 0 saturated carbocycles. The monoisotopic (exact) mass is 289 g/mol. The fraction of sp³-hybridized carbons (Fsp3) is 0.312. The number of aliphatic hydroxyl groups is 1. The standard InChI is InChI=1S/C16H19NO4/c1-11(18)12-6-7-14(15(9-12)19-2)21-10-13-5-4-8-17-16(13)20-3/h4-9,11,18H,10H2,1-3H3/t11-/m0/s1. The zero-order chi connectivity index (χ0) is 15.2. The number of benzene rings is 1. The van der Waals surface area contributed by atoms with Crippen molar-refractivity contribution in [2.75, 3.05) is 14.2 Å². The molecule has 1 N–H and O–H groups in total. The zero-order valence-electron chi connectivity index (χ0n) is 12.4. The Morgan fingerprint density at radius 3 is 2.62 bits per heavy atom. The van der Waals surface area contributed by atoms with Gasteiger partial charge in [0.05, 0.1) is 25.9 Å². The average molecular weight is 289 g/mol. The second kappa shape index (κ2) is 6.95. The van der Waals surface area contributed by atoms with Gasteiger partial charge in [-0.15, -0.1) is 0 Å². The van der Waals surface area contributed by atoms with Gasteiger partial charge in [0.15, 0.2) is 11.5 Å². The largest absolute Gasteiger partial charge is 0.493 e. The van der Waals surface area contributed by atoms with Gasteiger partial charge in [-0.1, -0.05) is 6.07 Å². The molecule has 0 amide bonds. The van der Waals surface area contributed by atoms with Crippen LogP contribution in [0, 0.1) is 0 Å². The van der Waals surface area contributed by atoms with Gasteiger partial charge >= 0.3 is 0 Å². The molecule has 0 aliphatic heterocycles. The van der Waals surface area contributed by atoms with E-state index in [2.05, 4.69) is 4.98 Å². The summed E-state index contributed by atoms with van der Waals surface area (Å²) in [4.78, 5) is 4.12. The van der Waals surface area contributed by atoms with Crippen LogP contribution in [-0.4, -0.2) is 24.3 Å². The van der Waals surface area contributed by atoms with Crippen LogP contribution in [0.5, 0.6) is 17.4 Å². The lowest BCUT2D eigenvalue weighted by Crippen LogP contribution is -2.02. The summed E-state index contributed by atoms with van der Waals surface area (Å²) in [6.45, 7) is 2.03. The highest BCUT2D eigenvalue weighted by atomic mass is 16.5. The highest BCUT2D eigenvalue weighted by molar-refractivity contribution is 5.43. The molecular formula is C16H19NO4. The van der Waals surface area contributed by atoms with Gasteiger partial charge in [-0.2, -0.15) is 0 Å². The van der Waals surface area contributed by atoms with E-state index in [4.69, 9.17) is 14.2 Å². The van der Waals surface area contributed by atoms with E-state index in [1.54, 1.807) is 39.5 Å². The summed E-state index contributed by atoms with van der Waals surface area (Å²) in [6, 6.07) is 9.07. The van der Waals surface area contributed by atoms with Gasteiger partial charge in [0.1, 0.15) is 6.61 Å².